The zero-order valence-electron chi connectivity index (χ0n) is 24.3. The van der Waals surface area contributed by atoms with Gasteiger partial charge in [0.1, 0.15) is 17.9 Å². The second-order valence-electron chi connectivity index (χ2n) is 11.5. The van der Waals surface area contributed by atoms with Crippen molar-refractivity contribution in [2.24, 2.45) is 5.92 Å². The zero-order chi connectivity index (χ0) is 34.3. The van der Waals surface area contributed by atoms with Gasteiger partial charge in [-0.25, -0.2) is 4.98 Å². The van der Waals surface area contributed by atoms with Gasteiger partial charge in [-0.15, -0.1) is 0 Å². The molecule has 0 saturated carbocycles. The van der Waals surface area contributed by atoms with Gasteiger partial charge in [0.2, 0.25) is 5.88 Å². The number of hydrogen-bond donors (Lipinski definition) is 1. The fourth-order valence-corrected chi connectivity index (χ4v) is 5.80. The lowest BCUT2D eigenvalue weighted by atomic mass is 9.71. The van der Waals surface area contributed by atoms with Gasteiger partial charge < -0.3 is 19.7 Å². The van der Waals surface area contributed by atoms with Crippen LogP contribution in [0, 0.1) is 11.1 Å². The fourth-order valence-electron chi connectivity index (χ4n) is 5.80. The predicted octanol–water partition coefficient (Wildman–Crippen LogP) is 9.09. The van der Waals surface area contributed by atoms with Gasteiger partial charge in [0.25, 0.3) is 0 Å². The lowest BCUT2D eigenvalue weighted by Gasteiger charge is -2.50. The summed E-state index contributed by atoms with van der Waals surface area (Å²) in [7, 11) is 0. The highest BCUT2D eigenvalue weighted by Crippen LogP contribution is 2.45. The van der Waals surface area contributed by atoms with Crippen molar-refractivity contribution in [1.82, 2.24) is 4.98 Å². The van der Waals surface area contributed by atoms with E-state index in [2.05, 4.69) is 4.98 Å². The van der Waals surface area contributed by atoms with Crippen LogP contribution in [0.5, 0.6) is 11.6 Å². The first-order chi connectivity index (χ1) is 21.9. The molecule has 1 aliphatic rings. The minimum Gasteiger partial charge on any atom is -0.633 e. The second-order valence-corrected chi connectivity index (χ2v) is 11.5. The molecule has 2 heterocycles. The summed E-state index contributed by atoms with van der Waals surface area (Å²) in [6.45, 7) is 0.0223. The maximum atomic E-state index is 13.7. The third kappa shape index (κ3) is 7.71. The smallest absolute Gasteiger partial charge is 0.417 e. The van der Waals surface area contributed by atoms with Crippen LogP contribution in [-0.4, -0.2) is 27.8 Å². The van der Waals surface area contributed by atoms with Gasteiger partial charge in [-0.2, -0.15) is 39.5 Å². The summed E-state index contributed by atoms with van der Waals surface area (Å²) in [5.41, 5.74) is -4.09. The van der Waals surface area contributed by atoms with Gasteiger partial charge in [0.15, 0.2) is 0 Å². The van der Waals surface area contributed by atoms with Crippen LogP contribution in [0.15, 0.2) is 91.1 Å². The lowest BCUT2D eigenvalue weighted by Crippen LogP contribution is -2.51. The topological polar surface area (TPSA) is 65.4 Å². The molecule has 1 aromatic heterocycles. The Morgan fingerprint density at radius 2 is 1.06 bits per heavy atom. The maximum Gasteiger partial charge on any atom is 0.417 e. The van der Waals surface area contributed by atoms with E-state index in [0.717, 1.165) is 60.7 Å². The van der Waals surface area contributed by atoms with Gasteiger partial charge in [0, 0.05) is 36.6 Å². The van der Waals surface area contributed by atoms with Crippen LogP contribution in [0.4, 0.5) is 39.5 Å². The van der Waals surface area contributed by atoms with Crippen molar-refractivity contribution < 1.29 is 54.0 Å². The number of halogens is 9. The molecular weight excluding hydrogens is 643 g/mol. The van der Waals surface area contributed by atoms with E-state index in [-0.39, 0.29) is 55.2 Å². The summed E-state index contributed by atoms with van der Waals surface area (Å²) in [6.07, 6.45) is -12.9. The van der Waals surface area contributed by atoms with Crippen molar-refractivity contribution in [2.75, 3.05) is 13.1 Å². The molecule has 0 bridgehead atoms. The normalized spacial score (nSPS) is 19.4. The maximum absolute atomic E-state index is 13.7. The largest absolute Gasteiger partial charge is 0.633 e. The van der Waals surface area contributed by atoms with E-state index >= 15 is 0 Å². The molecule has 0 unspecified atom stereocenters. The zero-order valence-corrected chi connectivity index (χ0v) is 24.3. The first-order valence-corrected chi connectivity index (χ1v) is 14.3. The molecule has 1 saturated heterocycles. The molecule has 4 aromatic rings. The molecule has 14 heteroatoms. The Labute approximate surface area is 263 Å². The van der Waals surface area contributed by atoms with Crippen LogP contribution in [-0.2, 0) is 30.7 Å². The van der Waals surface area contributed by atoms with E-state index in [9.17, 15) is 49.8 Å². The molecule has 0 amide bonds. The fraction of sp³-hybridized carbons (Fsp3) is 0.303. The molecule has 1 fully saturated rings. The van der Waals surface area contributed by atoms with Crippen molar-refractivity contribution in [2.45, 2.75) is 43.5 Å². The molecular formula is C33H27F9N2O3. The molecule has 0 radical (unpaired) electrons. The Morgan fingerprint density at radius 3 is 1.47 bits per heavy atom. The predicted molar refractivity (Wildman–Crippen MR) is 151 cm³/mol. The Bertz CT molecular complexity index is 1590. The van der Waals surface area contributed by atoms with Gasteiger partial charge >= 0.3 is 18.5 Å². The Morgan fingerprint density at radius 1 is 0.638 bits per heavy atom. The lowest BCUT2D eigenvalue weighted by molar-refractivity contribution is -0.900. The number of alkyl halides is 9. The van der Waals surface area contributed by atoms with E-state index in [1.165, 1.54) is 12.1 Å². The first kappa shape index (κ1) is 34.2. The van der Waals surface area contributed by atoms with Crippen LogP contribution in [0.3, 0.4) is 0 Å². The van der Waals surface area contributed by atoms with Crippen LogP contribution in [0.2, 0.25) is 0 Å². The molecule has 5 nitrogen and oxygen atoms in total. The summed E-state index contributed by atoms with van der Waals surface area (Å²) >= 11 is 0. The molecule has 0 atom stereocenters. The van der Waals surface area contributed by atoms with Crippen molar-refractivity contribution >= 4 is 0 Å². The number of quaternary nitrogens is 1. The van der Waals surface area contributed by atoms with E-state index in [0.29, 0.717) is 11.8 Å². The number of likely N-dealkylation sites (tertiary alicyclic amines) is 1. The first-order valence-electron chi connectivity index (χ1n) is 14.3. The number of nitrogens with zero attached hydrogens (tertiary/aromatic N) is 2. The number of aliphatic hydroxyl groups is 1. The van der Waals surface area contributed by atoms with Gasteiger partial charge in [-0.3, -0.25) is 0 Å². The molecule has 1 aliphatic heterocycles. The van der Waals surface area contributed by atoms with Gasteiger partial charge in [-0.05, 0) is 65.7 Å². The number of hydrogen-bond acceptors (Lipinski definition) is 4. The number of hydroxylamine groups is 3. The number of ether oxygens (including phenoxy) is 1. The third-order valence-corrected chi connectivity index (χ3v) is 8.35. The van der Waals surface area contributed by atoms with Crippen molar-refractivity contribution in [3.63, 3.8) is 0 Å². The van der Waals surface area contributed by atoms with Crippen molar-refractivity contribution in [3.8, 4) is 11.6 Å². The van der Waals surface area contributed by atoms with E-state index in [1.54, 1.807) is 12.1 Å². The van der Waals surface area contributed by atoms with Crippen LogP contribution in [0.25, 0.3) is 0 Å². The quantitative estimate of drug-likeness (QED) is 0.121. The Hall–Kier alpha value is -4.14. The summed E-state index contributed by atoms with van der Waals surface area (Å²) in [5, 5.41) is 25.8. The average Bonchev–Trinajstić information content (AvgIpc) is 3.01. The van der Waals surface area contributed by atoms with E-state index in [1.807, 2.05) is 0 Å². The van der Waals surface area contributed by atoms with Crippen molar-refractivity contribution in [3.05, 3.63) is 130 Å². The average molecular weight is 671 g/mol. The number of piperidine rings is 1. The molecule has 0 aliphatic carbocycles. The van der Waals surface area contributed by atoms with Gasteiger partial charge in [-0.1, -0.05) is 24.3 Å². The molecule has 250 valence electrons. The molecule has 0 spiro atoms. The van der Waals surface area contributed by atoms with Crippen molar-refractivity contribution in [1.29, 1.82) is 0 Å². The second kappa shape index (κ2) is 12.5. The highest BCUT2D eigenvalue weighted by molar-refractivity contribution is 5.40. The molecule has 5 rings (SSSR count). The summed E-state index contributed by atoms with van der Waals surface area (Å²) in [5.74, 6) is -0.493. The van der Waals surface area contributed by atoms with Crippen LogP contribution in [0.1, 0.15) is 46.2 Å². The third-order valence-electron chi connectivity index (χ3n) is 8.35. The molecule has 3 aromatic carbocycles. The van der Waals surface area contributed by atoms with Gasteiger partial charge in [0.05, 0.1) is 29.8 Å². The summed E-state index contributed by atoms with van der Waals surface area (Å²) < 4.78 is 122. The molecule has 1 N–H and O–H groups in total. The van der Waals surface area contributed by atoms with Crippen LogP contribution >= 0.6 is 0 Å². The highest BCUT2D eigenvalue weighted by atomic mass is 19.4. The molecule has 47 heavy (non-hydrogen) atoms. The summed E-state index contributed by atoms with van der Waals surface area (Å²) in [6, 6.07) is 15.8. The van der Waals surface area contributed by atoms with E-state index in [4.69, 9.17) is 4.74 Å². The van der Waals surface area contributed by atoms with Crippen LogP contribution < -0.4 is 4.74 Å². The SMILES string of the molecule is [O-][N+]1(Cc2ccc(Oc3ccc(C(F)(F)F)cn3)cc2)CCC(C(O)(c2ccc(C(F)(F)F)cc2)c2ccc(C(F)(F)F)cc2)CC1. The summed E-state index contributed by atoms with van der Waals surface area (Å²) in [4.78, 5) is 3.65. The monoisotopic (exact) mass is 670 g/mol. The number of benzene rings is 3. The van der Waals surface area contributed by atoms with E-state index < -0.39 is 51.4 Å². The minimum absolute atomic E-state index is 0.00196. The minimum atomic E-state index is -4.64. The number of rotatable bonds is 7. The standard InChI is InChI=1S/C33H27F9N2O3/c34-31(35,36)25-7-3-22(4-8-25)30(45,23-5-9-26(10-6-23)32(37,38)39)24-15-17-44(46,18-16-24)20-21-1-12-28(13-2-21)47-29-14-11-27(19-43-29)33(40,41)42/h1-14,19,24,45H,15-18,20H2. The number of pyridine rings is 1. The number of aromatic nitrogens is 1. The highest BCUT2D eigenvalue weighted by Gasteiger charge is 2.45. The Kier molecular flexibility index (Phi) is 9.07. The Balaban J connectivity index is 1.31.